The molecule has 14 heavy (non-hydrogen) atoms. The lowest BCUT2D eigenvalue weighted by atomic mass is 10.0. The quantitative estimate of drug-likeness (QED) is 0.711. The first-order chi connectivity index (χ1) is 6.63. The van der Waals surface area contributed by atoms with Crippen LogP contribution in [0.15, 0.2) is 0 Å². The van der Waals surface area contributed by atoms with E-state index in [9.17, 15) is 0 Å². The summed E-state index contributed by atoms with van der Waals surface area (Å²) in [5.74, 6) is 0.911. The fraction of sp³-hybridized carbons (Fsp3) is 0.909. The Bertz CT molecular complexity index is 194. The van der Waals surface area contributed by atoms with Gasteiger partial charge in [0, 0.05) is 19.0 Å². The first-order valence-electron chi connectivity index (χ1n) is 5.65. The number of hydrogen-bond donors (Lipinski definition) is 1. The van der Waals surface area contributed by atoms with Gasteiger partial charge >= 0.3 is 0 Å². The Labute approximate surface area is 92.8 Å². The summed E-state index contributed by atoms with van der Waals surface area (Å²) in [5.41, 5.74) is 5.56. The number of nitrogens with zero attached hydrogens (tertiary/aromatic N) is 1. The summed E-state index contributed by atoms with van der Waals surface area (Å²) < 4.78 is 0. The molecular formula is C11H22N2S. The SMILES string of the molecule is CCCC1CCN(C(C)CC(N)=S)C1. The van der Waals surface area contributed by atoms with Crippen LogP contribution in [-0.4, -0.2) is 29.0 Å². The molecule has 2 N–H and O–H groups in total. The zero-order valence-corrected chi connectivity index (χ0v) is 10.1. The van der Waals surface area contributed by atoms with Crippen LogP contribution in [0.4, 0.5) is 0 Å². The van der Waals surface area contributed by atoms with Crippen molar-refractivity contribution in [3.63, 3.8) is 0 Å². The minimum atomic E-state index is 0.536. The van der Waals surface area contributed by atoms with Crippen LogP contribution in [-0.2, 0) is 0 Å². The maximum Gasteiger partial charge on any atom is 0.0742 e. The van der Waals surface area contributed by atoms with E-state index in [2.05, 4.69) is 18.7 Å². The normalized spacial score (nSPS) is 25.1. The second-order valence-corrected chi connectivity index (χ2v) is 4.98. The first-order valence-corrected chi connectivity index (χ1v) is 6.06. The molecule has 2 atom stereocenters. The average molecular weight is 214 g/mol. The van der Waals surface area contributed by atoms with Crippen molar-refractivity contribution in [3.8, 4) is 0 Å². The van der Waals surface area contributed by atoms with Crippen molar-refractivity contribution in [3.05, 3.63) is 0 Å². The molecule has 0 radical (unpaired) electrons. The van der Waals surface area contributed by atoms with E-state index >= 15 is 0 Å². The second-order valence-electron chi connectivity index (χ2n) is 4.46. The van der Waals surface area contributed by atoms with Gasteiger partial charge in [-0.1, -0.05) is 25.6 Å². The van der Waals surface area contributed by atoms with E-state index in [1.54, 1.807) is 0 Å². The van der Waals surface area contributed by atoms with Crippen molar-refractivity contribution in [2.45, 2.75) is 45.6 Å². The molecule has 1 aliphatic rings. The minimum absolute atomic E-state index is 0.536. The van der Waals surface area contributed by atoms with Crippen LogP contribution in [0, 0.1) is 5.92 Å². The molecule has 2 nitrogen and oxygen atoms in total. The van der Waals surface area contributed by atoms with E-state index in [0.29, 0.717) is 11.0 Å². The third-order valence-corrected chi connectivity index (χ3v) is 3.30. The Kier molecular flexibility index (Phi) is 4.82. The molecule has 0 aromatic rings. The molecule has 0 amide bonds. The Morgan fingerprint density at radius 3 is 2.93 bits per heavy atom. The lowest BCUT2D eigenvalue weighted by Crippen LogP contribution is -2.34. The molecule has 1 fully saturated rings. The molecule has 1 rings (SSSR count). The van der Waals surface area contributed by atoms with Gasteiger partial charge in [-0.25, -0.2) is 0 Å². The van der Waals surface area contributed by atoms with Gasteiger partial charge in [0.15, 0.2) is 0 Å². The predicted octanol–water partition coefficient (Wildman–Crippen LogP) is 2.17. The Balaban J connectivity index is 2.30. The fourth-order valence-electron chi connectivity index (χ4n) is 2.33. The standard InChI is InChI=1S/C11H22N2S/c1-3-4-10-5-6-13(8-10)9(2)7-11(12)14/h9-10H,3-8H2,1-2H3,(H2,12,14). The van der Waals surface area contributed by atoms with Crippen LogP contribution in [0.3, 0.4) is 0 Å². The molecule has 2 unspecified atom stereocenters. The topological polar surface area (TPSA) is 29.3 Å². The Morgan fingerprint density at radius 1 is 1.64 bits per heavy atom. The zero-order valence-electron chi connectivity index (χ0n) is 9.33. The van der Waals surface area contributed by atoms with Gasteiger partial charge in [-0.05, 0) is 32.2 Å². The number of nitrogens with two attached hydrogens (primary N) is 1. The van der Waals surface area contributed by atoms with Gasteiger partial charge in [-0.15, -0.1) is 0 Å². The molecule has 1 aliphatic heterocycles. The summed E-state index contributed by atoms with van der Waals surface area (Å²) in [6, 6.07) is 0.536. The predicted molar refractivity (Wildman–Crippen MR) is 65.5 cm³/mol. The molecule has 0 aliphatic carbocycles. The van der Waals surface area contributed by atoms with Gasteiger partial charge in [0.25, 0.3) is 0 Å². The van der Waals surface area contributed by atoms with Crippen molar-refractivity contribution in [2.75, 3.05) is 13.1 Å². The van der Waals surface area contributed by atoms with Gasteiger partial charge in [-0.2, -0.15) is 0 Å². The van der Waals surface area contributed by atoms with E-state index < -0.39 is 0 Å². The highest BCUT2D eigenvalue weighted by Crippen LogP contribution is 2.23. The largest absolute Gasteiger partial charge is 0.393 e. The van der Waals surface area contributed by atoms with Crippen LogP contribution in [0.25, 0.3) is 0 Å². The van der Waals surface area contributed by atoms with Gasteiger partial charge in [0.1, 0.15) is 0 Å². The lowest BCUT2D eigenvalue weighted by molar-refractivity contribution is 0.253. The molecule has 0 spiro atoms. The molecule has 0 aromatic heterocycles. The van der Waals surface area contributed by atoms with E-state index in [-0.39, 0.29) is 0 Å². The van der Waals surface area contributed by atoms with Gasteiger partial charge in [0.05, 0.1) is 4.99 Å². The minimum Gasteiger partial charge on any atom is -0.393 e. The van der Waals surface area contributed by atoms with Crippen LogP contribution in [0.2, 0.25) is 0 Å². The fourth-order valence-corrected chi connectivity index (χ4v) is 2.57. The Morgan fingerprint density at radius 2 is 2.36 bits per heavy atom. The van der Waals surface area contributed by atoms with Crippen LogP contribution in [0.1, 0.15) is 39.5 Å². The zero-order chi connectivity index (χ0) is 10.6. The molecular weight excluding hydrogens is 192 g/mol. The third-order valence-electron chi connectivity index (χ3n) is 3.13. The lowest BCUT2D eigenvalue weighted by Gasteiger charge is -2.23. The molecule has 1 heterocycles. The molecule has 82 valence electrons. The van der Waals surface area contributed by atoms with E-state index in [1.165, 1.54) is 32.4 Å². The second kappa shape index (κ2) is 5.66. The monoisotopic (exact) mass is 214 g/mol. The van der Waals surface area contributed by atoms with Gasteiger partial charge in [0.2, 0.25) is 0 Å². The number of rotatable bonds is 5. The van der Waals surface area contributed by atoms with Gasteiger partial charge < -0.3 is 5.73 Å². The summed E-state index contributed by atoms with van der Waals surface area (Å²) in [5, 5.41) is 0. The van der Waals surface area contributed by atoms with Crippen LogP contribution in [0.5, 0.6) is 0 Å². The summed E-state index contributed by atoms with van der Waals surface area (Å²) in [4.78, 5) is 3.18. The molecule has 0 bridgehead atoms. The molecule has 0 saturated carbocycles. The smallest absolute Gasteiger partial charge is 0.0742 e. The summed E-state index contributed by atoms with van der Waals surface area (Å²) >= 11 is 4.94. The number of hydrogen-bond acceptors (Lipinski definition) is 2. The maximum atomic E-state index is 5.56. The summed E-state index contributed by atoms with van der Waals surface area (Å²) in [6.45, 7) is 6.97. The molecule has 0 aromatic carbocycles. The number of thiocarbonyl (C=S) groups is 1. The van der Waals surface area contributed by atoms with Crippen LogP contribution >= 0.6 is 12.2 Å². The van der Waals surface area contributed by atoms with Crippen molar-refractivity contribution in [1.29, 1.82) is 0 Å². The van der Waals surface area contributed by atoms with Crippen LogP contribution < -0.4 is 5.73 Å². The van der Waals surface area contributed by atoms with Gasteiger partial charge in [-0.3, -0.25) is 4.90 Å². The van der Waals surface area contributed by atoms with Crippen molar-refractivity contribution >= 4 is 17.2 Å². The van der Waals surface area contributed by atoms with E-state index in [1.807, 2.05) is 0 Å². The maximum absolute atomic E-state index is 5.56. The number of likely N-dealkylation sites (tertiary alicyclic amines) is 1. The highest BCUT2D eigenvalue weighted by molar-refractivity contribution is 7.80. The molecule has 1 saturated heterocycles. The third kappa shape index (κ3) is 3.54. The van der Waals surface area contributed by atoms with Crippen molar-refractivity contribution < 1.29 is 0 Å². The van der Waals surface area contributed by atoms with Crippen molar-refractivity contribution in [1.82, 2.24) is 4.90 Å². The van der Waals surface area contributed by atoms with E-state index in [0.717, 1.165) is 12.3 Å². The average Bonchev–Trinajstić information content (AvgIpc) is 2.52. The van der Waals surface area contributed by atoms with E-state index in [4.69, 9.17) is 18.0 Å². The Hall–Kier alpha value is -0.150. The molecule has 3 heteroatoms. The first kappa shape index (κ1) is 11.9. The summed E-state index contributed by atoms with van der Waals surface area (Å²) in [6.07, 6.45) is 4.90. The highest BCUT2D eigenvalue weighted by Gasteiger charge is 2.25. The summed E-state index contributed by atoms with van der Waals surface area (Å²) in [7, 11) is 0. The highest BCUT2D eigenvalue weighted by atomic mass is 32.1. The van der Waals surface area contributed by atoms with Crippen molar-refractivity contribution in [2.24, 2.45) is 11.7 Å².